The van der Waals surface area contributed by atoms with E-state index in [1.165, 1.54) is 6.20 Å². The van der Waals surface area contributed by atoms with Crippen molar-refractivity contribution in [3.05, 3.63) is 30.9 Å². The highest BCUT2D eigenvalue weighted by Crippen LogP contribution is 2.32. The highest BCUT2D eigenvalue weighted by Gasteiger charge is 2.39. The predicted molar refractivity (Wildman–Crippen MR) is 121 cm³/mol. The molecule has 0 unspecified atom stereocenters. The van der Waals surface area contributed by atoms with Gasteiger partial charge in [-0.15, -0.1) is 5.10 Å². The molecule has 0 bridgehead atoms. The number of aliphatic carboxylic acids is 1. The summed E-state index contributed by atoms with van der Waals surface area (Å²) in [5.41, 5.74) is 2.20. The number of alkyl halides is 3. The molecule has 1 saturated heterocycles. The highest BCUT2D eigenvalue weighted by atomic mass is 19.4. The summed E-state index contributed by atoms with van der Waals surface area (Å²) in [5.74, 6) is -2.76. The first kappa shape index (κ1) is 26.8. The minimum absolute atomic E-state index is 0.00433. The Morgan fingerprint density at radius 3 is 2.17 bits per heavy atom. The van der Waals surface area contributed by atoms with Crippen molar-refractivity contribution in [2.24, 2.45) is 0 Å². The van der Waals surface area contributed by atoms with E-state index in [0.29, 0.717) is 11.4 Å². The summed E-state index contributed by atoms with van der Waals surface area (Å²) < 4.78 is 37.7. The fourth-order valence-corrected chi connectivity index (χ4v) is 4.11. The van der Waals surface area contributed by atoms with Crippen molar-refractivity contribution >= 4 is 5.97 Å². The summed E-state index contributed by atoms with van der Waals surface area (Å²) in [6.45, 7) is 8.64. The lowest BCUT2D eigenvalue weighted by Crippen LogP contribution is -2.60. The van der Waals surface area contributed by atoms with Gasteiger partial charge in [-0.3, -0.25) is 5.10 Å². The Morgan fingerprint density at radius 1 is 1.06 bits per heavy atom. The van der Waals surface area contributed by atoms with E-state index in [1.807, 2.05) is 0 Å². The molecule has 0 amide bonds. The van der Waals surface area contributed by atoms with Crippen LogP contribution in [0.5, 0.6) is 11.8 Å². The molecule has 1 fully saturated rings. The second kappa shape index (κ2) is 10.0. The molecule has 3 aromatic rings. The number of aromatic amines is 1. The zero-order chi connectivity index (χ0) is 26.7. The number of aromatic nitrogens is 6. The van der Waals surface area contributed by atoms with Crippen molar-refractivity contribution in [2.75, 3.05) is 0 Å². The van der Waals surface area contributed by atoms with Gasteiger partial charge in [0.15, 0.2) is 0 Å². The van der Waals surface area contributed by atoms with E-state index in [9.17, 15) is 18.3 Å². The first-order valence-electron chi connectivity index (χ1n) is 10.8. The summed E-state index contributed by atoms with van der Waals surface area (Å²) in [4.78, 5) is 17.5. The van der Waals surface area contributed by atoms with Crippen LogP contribution in [0.3, 0.4) is 0 Å². The van der Waals surface area contributed by atoms with Crippen molar-refractivity contribution in [1.29, 1.82) is 0 Å². The van der Waals surface area contributed by atoms with E-state index in [0.717, 1.165) is 24.0 Å². The summed E-state index contributed by atoms with van der Waals surface area (Å²) >= 11 is 0. The van der Waals surface area contributed by atoms with E-state index in [2.05, 4.69) is 63.4 Å². The predicted octanol–water partition coefficient (Wildman–Crippen LogP) is 3.35. The Bertz CT molecular complexity index is 1170. The SMILES string of the molecule is CC1(C)CC(Oc2ncc(-c3ncc(-c4cn[nH]c4)cc3O)nn2)CC(C)(C)N1.O=C(O)C(F)(F)F. The van der Waals surface area contributed by atoms with E-state index in [1.54, 1.807) is 24.7 Å². The molecule has 0 spiro atoms. The Kier molecular flexibility index (Phi) is 7.48. The fourth-order valence-electron chi connectivity index (χ4n) is 4.11. The highest BCUT2D eigenvalue weighted by molar-refractivity contribution is 5.73. The van der Waals surface area contributed by atoms with Crippen LogP contribution >= 0.6 is 0 Å². The largest absolute Gasteiger partial charge is 0.506 e. The van der Waals surface area contributed by atoms with Crippen LogP contribution in [0.15, 0.2) is 30.9 Å². The van der Waals surface area contributed by atoms with Gasteiger partial charge in [-0.25, -0.2) is 14.8 Å². The molecular formula is C22H26F3N7O4. The normalized spacial score (nSPS) is 17.1. The molecule has 36 heavy (non-hydrogen) atoms. The molecule has 4 heterocycles. The molecule has 0 saturated carbocycles. The molecule has 14 heteroatoms. The number of halogens is 3. The molecule has 194 valence electrons. The number of hydrogen-bond donors (Lipinski definition) is 4. The number of carboxylic acids is 1. The van der Waals surface area contributed by atoms with Crippen molar-refractivity contribution in [3.63, 3.8) is 0 Å². The number of carboxylic acid groups (broad SMARTS) is 1. The van der Waals surface area contributed by atoms with E-state index in [-0.39, 0.29) is 28.9 Å². The van der Waals surface area contributed by atoms with Gasteiger partial charge in [0.25, 0.3) is 0 Å². The van der Waals surface area contributed by atoms with Gasteiger partial charge in [-0.05, 0) is 33.8 Å². The molecule has 1 aliphatic heterocycles. The minimum Gasteiger partial charge on any atom is -0.506 e. The second-order valence-electron chi connectivity index (χ2n) is 9.55. The lowest BCUT2D eigenvalue weighted by molar-refractivity contribution is -0.192. The quantitative estimate of drug-likeness (QED) is 0.411. The van der Waals surface area contributed by atoms with Crippen LogP contribution in [-0.4, -0.2) is 69.9 Å². The molecule has 1 aliphatic rings. The molecule has 0 aliphatic carbocycles. The average Bonchev–Trinajstić information content (AvgIpc) is 3.27. The van der Waals surface area contributed by atoms with Gasteiger partial charge in [0, 0.05) is 47.4 Å². The van der Waals surface area contributed by atoms with Crippen LogP contribution in [-0.2, 0) is 4.79 Å². The van der Waals surface area contributed by atoms with Gasteiger partial charge < -0.3 is 20.3 Å². The molecule has 4 N–H and O–H groups in total. The van der Waals surface area contributed by atoms with Crippen LogP contribution in [0, 0.1) is 0 Å². The monoisotopic (exact) mass is 509 g/mol. The van der Waals surface area contributed by atoms with Crippen molar-refractivity contribution in [3.8, 4) is 34.3 Å². The maximum atomic E-state index is 10.6. The molecule has 11 nitrogen and oxygen atoms in total. The number of nitrogens with one attached hydrogen (secondary N) is 2. The third kappa shape index (κ3) is 7.10. The summed E-state index contributed by atoms with van der Waals surface area (Å²) in [6, 6.07) is 1.83. The van der Waals surface area contributed by atoms with Crippen LogP contribution in [0.2, 0.25) is 0 Å². The first-order valence-corrected chi connectivity index (χ1v) is 10.8. The maximum absolute atomic E-state index is 10.6. The zero-order valence-corrected chi connectivity index (χ0v) is 20.0. The topological polar surface area (TPSA) is 159 Å². The molecular weight excluding hydrogens is 483 g/mol. The lowest BCUT2D eigenvalue weighted by Gasteiger charge is -2.45. The number of nitrogens with zero attached hydrogens (tertiary/aromatic N) is 5. The third-order valence-electron chi connectivity index (χ3n) is 5.15. The minimum atomic E-state index is -5.08. The Morgan fingerprint density at radius 2 is 1.69 bits per heavy atom. The number of aromatic hydroxyl groups is 1. The van der Waals surface area contributed by atoms with Crippen molar-refractivity contribution in [1.82, 2.24) is 35.7 Å². The molecule has 4 rings (SSSR count). The van der Waals surface area contributed by atoms with Gasteiger partial charge in [-0.2, -0.15) is 18.3 Å². The second-order valence-corrected chi connectivity index (χ2v) is 9.55. The Hall–Kier alpha value is -3.81. The average molecular weight is 509 g/mol. The van der Waals surface area contributed by atoms with E-state index >= 15 is 0 Å². The standard InChI is InChI=1S/C20H25N7O2.C2HF3O2/c1-19(2)6-14(7-20(3,4)27-19)29-18-22-11-15(25-26-18)17-16(28)5-12(8-21-17)13-9-23-24-10-13;3-2(4,5)1(6)7/h5,8-11,14,27-28H,6-7H2,1-4H3,(H,23,24);(H,6,7). The van der Waals surface area contributed by atoms with Crippen molar-refractivity contribution in [2.45, 2.75) is 63.9 Å². The number of hydrogen-bond acceptors (Lipinski definition) is 9. The smallest absolute Gasteiger partial charge is 0.490 e. The fraction of sp³-hybridized carbons (Fsp3) is 0.455. The van der Waals surface area contributed by atoms with Gasteiger partial charge >= 0.3 is 18.2 Å². The van der Waals surface area contributed by atoms with Crippen LogP contribution in [0.1, 0.15) is 40.5 Å². The lowest BCUT2D eigenvalue weighted by atomic mass is 9.81. The number of carbonyl (C=O) groups is 1. The van der Waals surface area contributed by atoms with Crippen LogP contribution in [0.4, 0.5) is 13.2 Å². The van der Waals surface area contributed by atoms with Crippen molar-refractivity contribution < 1.29 is 32.9 Å². The summed E-state index contributed by atoms with van der Waals surface area (Å²) in [6.07, 6.45) is 3.15. The Labute approximate surface area is 204 Å². The van der Waals surface area contributed by atoms with E-state index < -0.39 is 12.1 Å². The molecule has 0 aromatic carbocycles. The summed E-state index contributed by atoms with van der Waals surface area (Å²) in [7, 11) is 0. The number of H-pyrrole nitrogens is 1. The van der Waals surface area contributed by atoms with Gasteiger partial charge in [0.05, 0.1) is 12.4 Å². The van der Waals surface area contributed by atoms with Gasteiger partial charge in [-0.1, -0.05) is 5.10 Å². The molecule has 0 atom stereocenters. The van der Waals surface area contributed by atoms with Crippen LogP contribution < -0.4 is 10.1 Å². The maximum Gasteiger partial charge on any atom is 0.490 e. The van der Waals surface area contributed by atoms with Gasteiger partial charge in [0.2, 0.25) is 0 Å². The Balaban J connectivity index is 0.000000454. The number of pyridine rings is 1. The number of rotatable bonds is 4. The van der Waals surface area contributed by atoms with Crippen LogP contribution in [0.25, 0.3) is 22.5 Å². The van der Waals surface area contributed by atoms with Gasteiger partial charge in [0.1, 0.15) is 23.2 Å². The third-order valence-corrected chi connectivity index (χ3v) is 5.15. The number of ether oxygens (including phenoxy) is 1. The van der Waals surface area contributed by atoms with E-state index in [4.69, 9.17) is 14.6 Å². The first-order chi connectivity index (χ1) is 16.7. The molecule has 3 aromatic heterocycles. The number of piperidine rings is 1. The molecule has 0 radical (unpaired) electrons. The zero-order valence-electron chi connectivity index (χ0n) is 20.0. The summed E-state index contributed by atoms with van der Waals surface area (Å²) in [5, 5.41) is 36.0.